The monoisotopic (exact) mass is 350 g/mol. The molecule has 5 nitrogen and oxygen atoms in total. The molecule has 140 valence electrons. The Kier molecular flexibility index (Phi) is 7.94. The van der Waals surface area contributed by atoms with Gasteiger partial charge in [-0.05, 0) is 36.8 Å². The van der Waals surface area contributed by atoms with Crippen LogP contribution >= 0.6 is 0 Å². The van der Waals surface area contributed by atoms with Crippen molar-refractivity contribution >= 4 is 12.1 Å². The fourth-order valence-corrected chi connectivity index (χ4v) is 2.32. The number of esters is 1. The summed E-state index contributed by atoms with van der Waals surface area (Å²) in [6.07, 6.45) is 1.08. The minimum absolute atomic E-state index is 0.0587. The summed E-state index contributed by atoms with van der Waals surface area (Å²) in [7, 11) is 0. The molecule has 0 aliphatic rings. The summed E-state index contributed by atoms with van der Waals surface area (Å²) in [5.41, 5.74) is 2.41. The number of hydrogen-bond acceptors (Lipinski definition) is 5. The lowest BCUT2D eigenvalue weighted by Crippen LogP contribution is -2.17. The molecule has 0 amide bonds. The third-order valence-corrected chi connectivity index (χ3v) is 3.76. The summed E-state index contributed by atoms with van der Waals surface area (Å²) in [5.74, 6) is 0.0477. The largest absolute Gasteiger partial charge is 0.513 e. The molecular weight excluding hydrogens is 320 g/mol. The summed E-state index contributed by atoms with van der Waals surface area (Å²) in [4.78, 5) is 23.9. The highest BCUT2D eigenvalue weighted by molar-refractivity contribution is 5.75. The molecule has 1 aromatic carbocycles. The second-order valence-electron chi connectivity index (χ2n) is 7.07. The Morgan fingerprint density at radius 2 is 1.76 bits per heavy atom. The number of unbranched alkanes of at least 4 members (excludes halogenated alkanes) is 1. The van der Waals surface area contributed by atoms with Gasteiger partial charge in [-0.1, -0.05) is 46.2 Å². The Hall–Kier alpha value is -2.04. The number of hydrogen-bond donors (Lipinski definition) is 0. The highest BCUT2D eigenvalue weighted by Crippen LogP contribution is 2.32. The zero-order valence-corrected chi connectivity index (χ0v) is 16.2. The Morgan fingerprint density at radius 3 is 2.32 bits per heavy atom. The predicted molar refractivity (Wildman–Crippen MR) is 97.1 cm³/mol. The maximum absolute atomic E-state index is 12.1. The van der Waals surface area contributed by atoms with Crippen molar-refractivity contribution in [3.05, 3.63) is 28.8 Å². The van der Waals surface area contributed by atoms with Gasteiger partial charge in [0.05, 0.1) is 19.6 Å². The van der Waals surface area contributed by atoms with Gasteiger partial charge >= 0.3 is 12.1 Å². The van der Waals surface area contributed by atoms with Crippen molar-refractivity contribution in [2.24, 2.45) is 0 Å². The Bertz CT molecular complexity index is 599. The number of rotatable bonds is 7. The van der Waals surface area contributed by atoms with Gasteiger partial charge in [-0.25, -0.2) is 4.79 Å². The van der Waals surface area contributed by atoms with Gasteiger partial charge in [-0.15, -0.1) is 0 Å². The molecule has 0 aromatic heterocycles. The zero-order valence-electron chi connectivity index (χ0n) is 16.2. The van der Waals surface area contributed by atoms with E-state index in [9.17, 15) is 9.59 Å². The summed E-state index contributed by atoms with van der Waals surface area (Å²) in [5, 5.41) is 0. The van der Waals surface area contributed by atoms with Gasteiger partial charge < -0.3 is 14.2 Å². The molecule has 0 atom stereocenters. The fourth-order valence-electron chi connectivity index (χ4n) is 2.32. The van der Waals surface area contributed by atoms with Crippen molar-refractivity contribution < 1.29 is 23.8 Å². The SMILES string of the molecule is CCCCOC(=O)Cc1cc(C(C)(C)C)cc(C)c1OC(=O)OCC. The predicted octanol–water partition coefficient (Wildman–Crippen LogP) is 4.71. The number of ether oxygens (including phenoxy) is 3. The number of aryl methyl sites for hydroxylation is 1. The van der Waals surface area contributed by atoms with Gasteiger partial charge in [-0.2, -0.15) is 0 Å². The molecule has 0 bridgehead atoms. The minimum atomic E-state index is -0.769. The topological polar surface area (TPSA) is 61.8 Å². The summed E-state index contributed by atoms with van der Waals surface area (Å²) in [6, 6.07) is 3.88. The maximum Gasteiger partial charge on any atom is 0.513 e. The van der Waals surface area contributed by atoms with Crippen LogP contribution in [0.1, 0.15) is 64.2 Å². The zero-order chi connectivity index (χ0) is 19.0. The molecule has 0 spiro atoms. The van der Waals surface area contributed by atoms with Crippen LogP contribution in [0.3, 0.4) is 0 Å². The Morgan fingerprint density at radius 1 is 1.08 bits per heavy atom. The van der Waals surface area contributed by atoms with Crippen LogP contribution in [0.2, 0.25) is 0 Å². The van der Waals surface area contributed by atoms with Crippen LogP contribution < -0.4 is 4.74 Å². The molecule has 0 fully saturated rings. The third-order valence-electron chi connectivity index (χ3n) is 3.76. The summed E-state index contributed by atoms with van der Waals surface area (Å²) in [6.45, 7) is 12.5. The summed E-state index contributed by atoms with van der Waals surface area (Å²) < 4.78 is 15.5. The Labute approximate surface area is 150 Å². The molecular formula is C20H30O5. The van der Waals surface area contributed by atoms with Gasteiger partial charge in [0.25, 0.3) is 0 Å². The molecule has 0 N–H and O–H groups in total. The highest BCUT2D eigenvalue weighted by atomic mass is 16.7. The molecule has 0 radical (unpaired) electrons. The lowest BCUT2D eigenvalue weighted by Gasteiger charge is -2.22. The first-order valence-corrected chi connectivity index (χ1v) is 8.83. The third kappa shape index (κ3) is 6.77. The van der Waals surface area contributed by atoms with Crippen molar-refractivity contribution in [3.8, 4) is 5.75 Å². The minimum Gasteiger partial charge on any atom is -0.465 e. The smallest absolute Gasteiger partial charge is 0.465 e. The van der Waals surface area contributed by atoms with Gasteiger partial charge in [0.2, 0.25) is 0 Å². The van der Waals surface area contributed by atoms with E-state index in [1.807, 2.05) is 26.0 Å². The van der Waals surface area contributed by atoms with E-state index >= 15 is 0 Å². The lowest BCUT2D eigenvalue weighted by molar-refractivity contribution is -0.142. The van der Waals surface area contributed by atoms with E-state index in [-0.39, 0.29) is 24.4 Å². The van der Waals surface area contributed by atoms with E-state index in [1.54, 1.807) is 6.92 Å². The second kappa shape index (κ2) is 9.44. The van der Waals surface area contributed by atoms with E-state index in [0.29, 0.717) is 17.9 Å². The van der Waals surface area contributed by atoms with Crippen LogP contribution in [0.15, 0.2) is 12.1 Å². The molecule has 1 aromatic rings. The lowest BCUT2D eigenvalue weighted by atomic mass is 9.84. The molecule has 0 saturated carbocycles. The van der Waals surface area contributed by atoms with Crippen LogP contribution in [0.25, 0.3) is 0 Å². The average molecular weight is 350 g/mol. The average Bonchev–Trinajstić information content (AvgIpc) is 2.50. The van der Waals surface area contributed by atoms with Crippen molar-refractivity contribution in [1.82, 2.24) is 0 Å². The first-order chi connectivity index (χ1) is 11.7. The molecule has 0 heterocycles. The molecule has 0 saturated heterocycles. The highest BCUT2D eigenvalue weighted by Gasteiger charge is 2.22. The van der Waals surface area contributed by atoms with Crippen molar-refractivity contribution in [1.29, 1.82) is 0 Å². The van der Waals surface area contributed by atoms with Gasteiger partial charge in [0.15, 0.2) is 0 Å². The normalized spacial score (nSPS) is 11.1. The van der Waals surface area contributed by atoms with E-state index in [2.05, 4.69) is 20.8 Å². The van der Waals surface area contributed by atoms with Crippen LogP contribution in [0.5, 0.6) is 5.75 Å². The fraction of sp³-hybridized carbons (Fsp3) is 0.600. The van der Waals surface area contributed by atoms with E-state index in [0.717, 1.165) is 24.0 Å². The van der Waals surface area contributed by atoms with Crippen molar-refractivity contribution in [2.45, 2.75) is 66.2 Å². The van der Waals surface area contributed by atoms with Gasteiger partial charge in [0.1, 0.15) is 5.75 Å². The van der Waals surface area contributed by atoms with Crippen LogP contribution in [-0.4, -0.2) is 25.3 Å². The first-order valence-electron chi connectivity index (χ1n) is 8.83. The quantitative estimate of drug-likeness (QED) is 0.405. The molecule has 1 rings (SSSR count). The second-order valence-corrected chi connectivity index (χ2v) is 7.07. The molecule has 0 unspecified atom stereocenters. The van der Waals surface area contributed by atoms with E-state index in [1.165, 1.54) is 0 Å². The van der Waals surface area contributed by atoms with Crippen LogP contribution in [0, 0.1) is 6.92 Å². The number of carbonyl (C=O) groups excluding carboxylic acids is 2. The van der Waals surface area contributed by atoms with Crippen LogP contribution in [0.4, 0.5) is 4.79 Å². The van der Waals surface area contributed by atoms with Crippen molar-refractivity contribution in [2.75, 3.05) is 13.2 Å². The molecule has 5 heteroatoms. The number of carbonyl (C=O) groups is 2. The first kappa shape index (κ1) is 21.0. The molecule has 25 heavy (non-hydrogen) atoms. The van der Waals surface area contributed by atoms with Gasteiger partial charge in [-0.3, -0.25) is 4.79 Å². The van der Waals surface area contributed by atoms with E-state index in [4.69, 9.17) is 14.2 Å². The van der Waals surface area contributed by atoms with Crippen LogP contribution in [-0.2, 0) is 26.1 Å². The van der Waals surface area contributed by atoms with E-state index < -0.39 is 6.16 Å². The van der Waals surface area contributed by atoms with Gasteiger partial charge in [0, 0.05) is 5.56 Å². The summed E-state index contributed by atoms with van der Waals surface area (Å²) >= 11 is 0. The standard InChI is InChI=1S/C20H30O5/c1-7-9-10-24-17(21)13-15-12-16(20(4,5)6)11-14(3)18(15)25-19(22)23-8-2/h11-12H,7-10,13H2,1-6H3. The Balaban J connectivity index is 3.12. The van der Waals surface area contributed by atoms with Crippen molar-refractivity contribution in [3.63, 3.8) is 0 Å². The molecule has 0 aliphatic heterocycles. The molecule has 0 aliphatic carbocycles. The maximum atomic E-state index is 12.1. The number of benzene rings is 1.